The van der Waals surface area contributed by atoms with Crippen LogP contribution in [0.1, 0.15) is 67.0 Å². The van der Waals surface area contributed by atoms with Gasteiger partial charge in [-0.25, -0.2) is 0 Å². The molecule has 1 N–H and O–H groups in total. The minimum atomic E-state index is 0.162. The van der Waals surface area contributed by atoms with E-state index in [0.717, 1.165) is 24.6 Å². The third-order valence-electron chi connectivity index (χ3n) is 4.61. The van der Waals surface area contributed by atoms with E-state index in [1.807, 2.05) is 6.07 Å². The van der Waals surface area contributed by atoms with Gasteiger partial charge in [-0.1, -0.05) is 37.6 Å². The van der Waals surface area contributed by atoms with Gasteiger partial charge in [0.15, 0.2) is 0 Å². The van der Waals surface area contributed by atoms with Crippen molar-refractivity contribution in [3.05, 3.63) is 59.0 Å². The van der Waals surface area contributed by atoms with Crippen LogP contribution < -0.4 is 5.32 Å². The second-order valence-electron chi connectivity index (χ2n) is 6.15. The van der Waals surface area contributed by atoms with Crippen LogP contribution in [0.15, 0.2) is 41.0 Å². The Balaban J connectivity index is 1.83. The van der Waals surface area contributed by atoms with Crippen molar-refractivity contribution < 1.29 is 4.42 Å². The molecule has 2 heteroatoms. The Labute approximate surface area is 127 Å². The highest BCUT2D eigenvalue weighted by Gasteiger charge is 2.21. The quantitative estimate of drug-likeness (QED) is 0.812. The van der Waals surface area contributed by atoms with Crippen LogP contribution in [0.5, 0.6) is 0 Å². The molecular formula is C19H25NO. The van der Waals surface area contributed by atoms with Crippen LogP contribution in [0, 0.1) is 6.92 Å². The molecule has 0 bridgehead atoms. The third-order valence-corrected chi connectivity index (χ3v) is 4.61. The Kier molecular flexibility index (Phi) is 4.45. The normalized spacial score (nSPS) is 16.7. The minimum absolute atomic E-state index is 0.162. The average molecular weight is 283 g/mol. The predicted octanol–water partition coefficient (Wildman–Crippen LogP) is 4.94. The van der Waals surface area contributed by atoms with Crippen LogP contribution in [0.2, 0.25) is 0 Å². The standard InChI is InChI=1S/C19H25NO/c1-3-12-20-18(19-14(2)11-13-21-19)17-9-7-16(8-10-17)15-5-4-6-15/h7-11,13,15,18,20H,3-6,12H2,1-2H3. The molecule has 0 radical (unpaired) electrons. The van der Waals surface area contributed by atoms with Gasteiger partial charge in [0.2, 0.25) is 0 Å². The molecule has 0 spiro atoms. The minimum Gasteiger partial charge on any atom is -0.467 e. The Morgan fingerprint density at radius 2 is 1.95 bits per heavy atom. The number of rotatable bonds is 6. The van der Waals surface area contributed by atoms with E-state index in [1.165, 1.54) is 36.0 Å². The van der Waals surface area contributed by atoms with Crippen LogP contribution >= 0.6 is 0 Å². The lowest BCUT2D eigenvalue weighted by Gasteiger charge is -2.26. The lowest BCUT2D eigenvalue weighted by molar-refractivity contribution is 0.419. The zero-order chi connectivity index (χ0) is 14.7. The summed E-state index contributed by atoms with van der Waals surface area (Å²) < 4.78 is 5.73. The maximum absolute atomic E-state index is 5.73. The van der Waals surface area contributed by atoms with E-state index in [9.17, 15) is 0 Å². The molecule has 2 nitrogen and oxygen atoms in total. The number of aryl methyl sites for hydroxylation is 1. The molecule has 0 saturated heterocycles. The number of furan rings is 1. The lowest BCUT2D eigenvalue weighted by Crippen LogP contribution is -2.23. The van der Waals surface area contributed by atoms with Crippen molar-refractivity contribution in [3.63, 3.8) is 0 Å². The van der Waals surface area contributed by atoms with Gasteiger partial charge >= 0.3 is 0 Å². The van der Waals surface area contributed by atoms with Crippen molar-refractivity contribution in [1.29, 1.82) is 0 Å². The zero-order valence-electron chi connectivity index (χ0n) is 13.1. The van der Waals surface area contributed by atoms with Crippen molar-refractivity contribution in [2.24, 2.45) is 0 Å². The zero-order valence-corrected chi connectivity index (χ0v) is 13.1. The van der Waals surface area contributed by atoms with E-state index in [4.69, 9.17) is 4.42 Å². The molecular weight excluding hydrogens is 258 g/mol. The Morgan fingerprint density at radius 3 is 2.48 bits per heavy atom. The summed E-state index contributed by atoms with van der Waals surface area (Å²) in [4.78, 5) is 0. The van der Waals surface area contributed by atoms with Gasteiger partial charge in [-0.2, -0.15) is 0 Å². The van der Waals surface area contributed by atoms with Gasteiger partial charge in [0, 0.05) is 0 Å². The summed E-state index contributed by atoms with van der Waals surface area (Å²) in [5.74, 6) is 1.84. The smallest absolute Gasteiger partial charge is 0.128 e. The Morgan fingerprint density at radius 1 is 1.19 bits per heavy atom. The maximum atomic E-state index is 5.73. The van der Waals surface area contributed by atoms with Crippen LogP contribution in [0.3, 0.4) is 0 Å². The Bertz CT molecular complexity index is 566. The van der Waals surface area contributed by atoms with Gasteiger partial charge in [-0.15, -0.1) is 0 Å². The van der Waals surface area contributed by atoms with Crippen LogP contribution in [-0.4, -0.2) is 6.54 Å². The highest BCUT2D eigenvalue weighted by molar-refractivity contribution is 5.34. The summed E-state index contributed by atoms with van der Waals surface area (Å²) in [7, 11) is 0. The first-order valence-electron chi connectivity index (χ1n) is 8.17. The fraction of sp³-hybridized carbons (Fsp3) is 0.474. The number of hydrogen-bond acceptors (Lipinski definition) is 2. The molecule has 1 aromatic carbocycles. The van der Waals surface area contributed by atoms with Crippen LogP contribution in [-0.2, 0) is 0 Å². The van der Waals surface area contributed by atoms with Crippen LogP contribution in [0.4, 0.5) is 0 Å². The predicted molar refractivity (Wildman–Crippen MR) is 86.6 cm³/mol. The third kappa shape index (κ3) is 3.06. The molecule has 0 aliphatic heterocycles. The average Bonchev–Trinajstić information content (AvgIpc) is 2.85. The lowest BCUT2D eigenvalue weighted by atomic mass is 9.80. The van der Waals surface area contributed by atoms with Gasteiger partial charge < -0.3 is 9.73 Å². The highest BCUT2D eigenvalue weighted by atomic mass is 16.3. The van der Waals surface area contributed by atoms with E-state index in [0.29, 0.717) is 0 Å². The first-order valence-corrected chi connectivity index (χ1v) is 8.17. The number of nitrogens with one attached hydrogen (secondary N) is 1. The van der Waals surface area contributed by atoms with Gasteiger partial charge in [-0.05, 0) is 61.4 Å². The summed E-state index contributed by atoms with van der Waals surface area (Å²) in [5.41, 5.74) is 4.01. The van der Waals surface area contributed by atoms with Crippen molar-refractivity contribution in [3.8, 4) is 0 Å². The molecule has 3 rings (SSSR count). The van der Waals surface area contributed by atoms with Crippen LogP contribution in [0.25, 0.3) is 0 Å². The van der Waals surface area contributed by atoms with E-state index >= 15 is 0 Å². The van der Waals surface area contributed by atoms with Gasteiger partial charge in [0.05, 0.1) is 12.3 Å². The van der Waals surface area contributed by atoms with E-state index in [1.54, 1.807) is 6.26 Å². The van der Waals surface area contributed by atoms with Crippen molar-refractivity contribution in [2.45, 2.75) is 51.5 Å². The summed E-state index contributed by atoms with van der Waals surface area (Å²) in [6, 6.07) is 11.3. The van der Waals surface area contributed by atoms with E-state index in [-0.39, 0.29) is 6.04 Å². The monoisotopic (exact) mass is 283 g/mol. The largest absolute Gasteiger partial charge is 0.467 e. The van der Waals surface area contributed by atoms with Gasteiger partial charge in [0.1, 0.15) is 5.76 Å². The first-order chi connectivity index (χ1) is 10.3. The summed E-state index contributed by atoms with van der Waals surface area (Å²) >= 11 is 0. The fourth-order valence-electron chi connectivity index (χ4n) is 3.03. The molecule has 21 heavy (non-hydrogen) atoms. The SMILES string of the molecule is CCCNC(c1ccc(C2CCC2)cc1)c1occc1C. The second-order valence-corrected chi connectivity index (χ2v) is 6.15. The topological polar surface area (TPSA) is 25.2 Å². The van der Waals surface area contributed by atoms with Crippen molar-refractivity contribution in [2.75, 3.05) is 6.54 Å². The summed E-state index contributed by atoms with van der Waals surface area (Å²) in [5, 5.41) is 3.61. The molecule has 0 amide bonds. The fourth-order valence-corrected chi connectivity index (χ4v) is 3.03. The highest BCUT2D eigenvalue weighted by Crippen LogP contribution is 2.37. The molecule has 1 unspecified atom stereocenters. The molecule has 2 aromatic rings. The number of benzene rings is 1. The van der Waals surface area contributed by atoms with Crippen molar-refractivity contribution in [1.82, 2.24) is 5.32 Å². The van der Waals surface area contributed by atoms with E-state index < -0.39 is 0 Å². The molecule has 1 heterocycles. The number of hydrogen-bond donors (Lipinski definition) is 1. The first kappa shape index (κ1) is 14.4. The molecule has 1 aliphatic carbocycles. The van der Waals surface area contributed by atoms with Gasteiger partial charge in [-0.3, -0.25) is 0 Å². The maximum Gasteiger partial charge on any atom is 0.128 e. The molecule has 112 valence electrons. The van der Waals surface area contributed by atoms with E-state index in [2.05, 4.69) is 43.4 Å². The molecule has 1 aromatic heterocycles. The summed E-state index contributed by atoms with van der Waals surface area (Å²) in [6.07, 6.45) is 7.01. The Hall–Kier alpha value is -1.54. The molecule has 1 fully saturated rings. The van der Waals surface area contributed by atoms with Crippen molar-refractivity contribution >= 4 is 0 Å². The summed E-state index contributed by atoms with van der Waals surface area (Å²) in [6.45, 7) is 5.30. The second kappa shape index (κ2) is 6.48. The van der Waals surface area contributed by atoms with Gasteiger partial charge in [0.25, 0.3) is 0 Å². The molecule has 1 aliphatic rings. The molecule has 1 saturated carbocycles. The molecule has 1 atom stereocenters.